The lowest BCUT2D eigenvalue weighted by atomic mass is 9.96. The van der Waals surface area contributed by atoms with E-state index in [1.807, 2.05) is 4.72 Å². The number of fused-ring (bicyclic) bond motifs is 1. The highest BCUT2D eigenvalue weighted by molar-refractivity contribution is 7.83. The number of aromatic nitrogens is 3. The number of nitrogens with one attached hydrogen (secondary N) is 2. The quantitative estimate of drug-likeness (QED) is 0.172. The molecule has 5 rings (SSSR count). The molecule has 2 aliphatic rings. The minimum atomic E-state index is -4.42. The minimum absolute atomic E-state index is 0.215. The van der Waals surface area contributed by atoms with Gasteiger partial charge in [-0.25, -0.2) is 15.0 Å². The first-order valence-electron chi connectivity index (χ1n) is 11.5. The molecule has 11 nitrogen and oxygen atoms in total. The second-order valence-corrected chi connectivity index (χ2v) is 12.2. The van der Waals surface area contributed by atoms with Gasteiger partial charge in [0, 0.05) is 36.5 Å². The maximum absolute atomic E-state index is 13.5. The topological polar surface area (TPSA) is 164 Å². The normalized spacial score (nSPS) is 23.3. The third kappa shape index (κ3) is 6.00. The van der Waals surface area contributed by atoms with Crippen molar-refractivity contribution in [1.82, 2.24) is 19.7 Å². The Labute approximate surface area is 232 Å². The first-order chi connectivity index (χ1) is 18.1. The van der Waals surface area contributed by atoms with Gasteiger partial charge in [-0.2, -0.15) is 13.1 Å². The molecule has 0 amide bonds. The molecule has 1 fully saturated rings. The summed E-state index contributed by atoms with van der Waals surface area (Å²) < 4.78 is 39.1. The van der Waals surface area contributed by atoms with E-state index in [2.05, 4.69) is 20.3 Å². The monoisotopic (exact) mass is 598 g/mol. The van der Waals surface area contributed by atoms with Crippen LogP contribution in [0.3, 0.4) is 0 Å². The summed E-state index contributed by atoms with van der Waals surface area (Å²) in [4.78, 5) is 26.3. The fraction of sp³-hybridized carbons (Fsp3) is 0.348. The number of rotatable bonds is 8. The Morgan fingerprint density at radius 1 is 1.18 bits per heavy atom. The van der Waals surface area contributed by atoms with Crippen LogP contribution in [-0.2, 0) is 21.5 Å². The molecule has 3 aromatic heterocycles. The van der Waals surface area contributed by atoms with E-state index in [0.717, 1.165) is 29.0 Å². The van der Waals surface area contributed by atoms with Crippen LogP contribution < -0.4 is 10.0 Å². The maximum Gasteiger partial charge on any atom is 0.333 e. The van der Waals surface area contributed by atoms with Crippen molar-refractivity contribution in [2.45, 2.75) is 37.5 Å². The summed E-state index contributed by atoms with van der Waals surface area (Å²) in [6, 6.07) is 3.13. The largest absolute Gasteiger partial charge is 0.393 e. The molecule has 1 saturated carbocycles. The number of thiophene rings is 1. The summed E-state index contributed by atoms with van der Waals surface area (Å²) in [5, 5.41) is 13.8. The van der Waals surface area contributed by atoms with Crippen LogP contribution >= 0.6 is 34.5 Å². The third-order valence-electron chi connectivity index (χ3n) is 6.45. The standard InChI is InChI=1S/C23H22Cl2N5O6S2/c24-19-6-14-11(7-27-19)1-2-36-21(14)15-5-18(37-22(15)25)20(32)16-9-26-10-28-23(16)30-13-3-12(17(31)4-13)8-29-38(33,34)35/h5-10,12-13,17,21,29,31H,1-4H2,(H,26,28,30)(H,33,34,35)/t12-,13-,17+,21+/m1/s1. The number of aliphatic hydroxyl groups excluding tert-OH is 1. The molecule has 1 aliphatic carbocycles. The first kappa shape index (κ1) is 27.3. The predicted octanol–water partition coefficient (Wildman–Crippen LogP) is 3.24. The van der Waals surface area contributed by atoms with Crippen LogP contribution in [0.15, 0.2) is 30.9 Å². The van der Waals surface area contributed by atoms with Gasteiger partial charge >= 0.3 is 10.3 Å². The highest BCUT2D eigenvalue weighted by Crippen LogP contribution is 2.41. The van der Waals surface area contributed by atoms with Gasteiger partial charge in [-0.3, -0.25) is 9.35 Å². The van der Waals surface area contributed by atoms with Gasteiger partial charge in [-0.1, -0.05) is 23.2 Å². The summed E-state index contributed by atoms with van der Waals surface area (Å²) in [5.41, 5.74) is 2.73. The zero-order valence-corrected chi connectivity index (χ0v) is 22.7. The van der Waals surface area contributed by atoms with Crippen LogP contribution in [0.5, 0.6) is 0 Å². The first-order valence-corrected chi connectivity index (χ1v) is 14.5. The second kappa shape index (κ2) is 11.1. The van der Waals surface area contributed by atoms with Gasteiger partial charge in [0.05, 0.1) is 27.5 Å². The Hall–Kier alpha value is -2.23. The highest BCUT2D eigenvalue weighted by Gasteiger charge is 2.35. The Balaban J connectivity index is 1.35. The highest BCUT2D eigenvalue weighted by atomic mass is 35.5. The van der Waals surface area contributed by atoms with Crippen molar-refractivity contribution in [3.63, 3.8) is 0 Å². The average molecular weight is 599 g/mol. The predicted molar refractivity (Wildman–Crippen MR) is 141 cm³/mol. The molecule has 38 heavy (non-hydrogen) atoms. The number of carbonyl (C=O) groups is 1. The van der Waals surface area contributed by atoms with E-state index < -0.39 is 28.4 Å². The molecule has 0 spiro atoms. The second-order valence-electron chi connectivity index (χ2n) is 8.96. The number of nitrogens with zero attached hydrogens (tertiary/aromatic N) is 3. The molecule has 201 valence electrons. The molecule has 4 atom stereocenters. The van der Waals surface area contributed by atoms with Crippen molar-refractivity contribution in [2.24, 2.45) is 5.92 Å². The average Bonchev–Trinajstić information content (AvgIpc) is 3.43. The molecule has 4 heterocycles. The Morgan fingerprint density at radius 3 is 2.79 bits per heavy atom. The number of hydrogen-bond donors (Lipinski definition) is 4. The number of ketones is 1. The lowest BCUT2D eigenvalue weighted by Gasteiger charge is -2.25. The molecule has 3 aromatic rings. The number of anilines is 1. The van der Waals surface area contributed by atoms with Crippen molar-refractivity contribution in [3.8, 4) is 0 Å². The Morgan fingerprint density at radius 2 is 2.00 bits per heavy atom. The Bertz CT molecular complexity index is 1470. The van der Waals surface area contributed by atoms with Crippen molar-refractivity contribution in [2.75, 3.05) is 11.9 Å². The molecular formula is C23H22Cl2N5O6S2. The van der Waals surface area contributed by atoms with Gasteiger partial charge in [0.25, 0.3) is 0 Å². The lowest BCUT2D eigenvalue weighted by Crippen LogP contribution is -2.27. The number of carbonyl (C=O) groups excluding carboxylic acids is 1. The Kier molecular flexibility index (Phi) is 7.99. The summed E-state index contributed by atoms with van der Waals surface area (Å²) in [7, 11) is -4.42. The fourth-order valence-corrected chi connectivity index (χ4v) is 6.47. The summed E-state index contributed by atoms with van der Waals surface area (Å²) in [5.74, 6) is -0.616. The van der Waals surface area contributed by atoms with E-state index >= 15 is 0 Å². The van der Waals surface area contributed by atoms with Crippen molar-refractivity contribution in [3.05, 3.63) is 74.0 Å². The summed E-state index contributed by atoms with van der Waals surface area (Å²) in [6.45, 7) is 1.61. The minimum Gasteiger partial charge on any atom is -0.393 e. The van der Waals surface area contributed by atoms with Crippen LogP contribution in [-0.4, -0.2) is 57.6 Å². The molecule has 0 aromatic carbocycles. The number of halogens is 2. The van der Waals surface area contributed by atoms with Gasteiger partial charge in [-0.15, -0.1) is 11.3 Å². The summed E-state index contributed by atoms with van der Waals surface area (Å²) in [6.07, 6.45) is 4.38. The van der Waals surface area contributed by atoms with Crippen LogP contribution in [0.1, 0.15) is 50.9 Å². The van der Waals surface area contributed by atoms with Gasteiger partial charge in [0.15, 0.2) is 0 Å². The van der Waals surface area contributed by atoms with E-state index in [-0.39, 0.29) is 29.6 Å². The van der Waals surface area contributed by atoms with Crippen LogP contribution in [0.2, 0.25) is 9.49 Å². The zero-order valence-electron chi connectivity index (χ0n) is 19.5. The fourth-order valence-electron chi connectivity index (χ4n) is 4.69. The molecule has 15 heteroatoms. The van der Waals surface area contributed by atoms with Crippen LogP contribution in [0.25, 0.3) is 0 Å². The van der Waals surface area contributed by atoms with Crippen LogP contribution in [0, 0.1) is 12.5 Å². The van der Waals surface area contributed by atoms with Gasteiger partial charge in [0.1, 0.15) is 23.4 Å². The molecule has 1 aliphatic heterocycles. The molecule has 0 saturated heterocycles. The van der Waals surface area contributed by atoms with E-state index in [0.29, 0.717) is 39.4 Å². The van der Waals surface area contributed by atoms with E-state index in [1.165, 1.54) is 12.5 Å². The zero-order chi connectivity index (χ0) is 27.0. The van der Waals surface area contributed by atoms with E-state index in [4.69, 9.17) is 32.5 Å². The van der Waals surface area contributed by atoms with Crippen LogP contribution in [0.4, 0.5) is 5.82 Å². The molecule has 1 radical (unpaired) electrons. The smallest absolute Gasteiger partial charge is 0.333 e. The summed E-state index contributed by atoms with van der Waals surface area (Å²) >= 11 is 13.8. The van der Waals surface area contributed by atoms with Gasteiger partial charge < -0.3 is 15.2 Å². The van der Waals surface area contributed by atoms with E-state index in [1.54, 1.807) is 18.3 Å². The maximum atomic E-state index is 13.5. The molecule has 0 bridgehead atoms. The van der Waals surface area contributed by atoms with Crippen molar-refractivity contribution < 1.29 is 27.6 Å². The lowest BCUT2D eigenvalue weighted by molar-refractivity contribution is 0.0699. The van der Waals surface area contributed by atoms with Gasteiger partial charge in [-0.05, 0) is 42.5 Å². The van der Waals surface area contributed by atoms with Gasteiger partial charge in [0.2, 0.25) is 5.78 Å². The number of ether oxygens (including phenoxy) is 1. The number of pyridine rings is 1. The molecular weight excluding hydrogens is 577 g/mol. The molecule has 4 N–H and O–H groups in total. The number of hydrogen-bond acceptors (Lipinski definition) is 10. The van der Waals surface area contributed by atoms with Crippen molar-refractivity contribution in [1.29, 1.82) is 0 Å². The SMILES string of the molecule is O=C(c1cc([C@H]2OCCc3cnc(Cl)cc32)c(Cl)s1)c1cncnc1N[C@H]1C[C@H](O)[C@@H]([CH]NS(=O)(=O)O)C1. The van der Waals surface area contributed by atoms with E-state index in [9.17, 15) is 18.3 Å². The third-order valence-corrected chi connectivity index (χ3v) is 8.48. The van der Waals surface area contributed by atoms with Crippen molar-refractivity contribution >= 4 is 56.4 Å². The molecule has 0 unspecified atom stereocenters. The number of aliphatic hydroxyl groups is 1.